The van der Waals surface area contributed by atoms with Gasteiger partial charge in [0.2, 0.25) is 0 Å². The second kappa shape index (κ2) is 8.56. The fourth-order valence-electron chi connectivity index (χ4n) is 4.20. The number of fused-ring (bicyclic) bond motifs is 1. The largest absolute Gasteiger partial charge is 0.497 e. The van der Waals surface area contributed by atoms with Crippen molar-refractivity contribution in [3.05, 3.63) is 53.6 Å². The van der Waals surface area contributed by atoms with Gasteiger partial charge < -0.3 is 19.1 Å². The van der Waals surface area contributed by atoms with E-state index in [1.165, 1.54) is 14.2 Å². The average Bonchev–Trinajstić information content (AvgIpc) is 2.82. The summed E-state index contributed by atoms with van der Waals surface area (Å²) in [6.45, 7) is 0.574. The molecule has 0 aromatic heterocycles. The zero-order valence-corrected chi connectivity index (χ0v) is 17.4. The van der Waals surface area contributed by atoms with Crippen LogP contribution in [0.25, 0.3) is 0 Å². The van der Waals surface area contributed by atoms with Crippen LogP contribution in [0.1, 0.15) is 28.8 Å². The summed E-state index contributed by atoms with van der Waals surface area (Å²) >= 11 is 0. The summed E-state index contributed by atoms with van der Waals surface area (Å²) < 4.78 is 15.9. The molecule has 2 atom stereocenters. The summed E-state index contributed by atoms with van der Waals surface area (Å²) in [6, 6.07) is 13.9. The number of piperidine rings is 1. The maximum Gasteiger partial charge on any atom is 0.414 e. The van der Waals surface area contributed by atoms with Crippen LogP contribution in [0.15, 0.2) is 42.5 Å². The van der Waals surface area contributed by atoms with Crippen molar-refractivity contribution >= 4 is 17.7 Å². The minimum Gasteiger partial charge on any atom is -0.497 e. The molecule has 2 unspecified atom stereocenters. The van der Waals surface area contributed by atoms with Crippen LogP contribution < -0.4 is 14.4 Å². The smallest absolute Gasteiger partial charge is 0.414 e. The van der Waals surface area contributed by atoms with E-state index in [1.807, 2.05) is 24.3 Å². The number of cyclic esters (lactones) is 1. The topological polar surface area (TPSA) is 92.1 Å². The summed E-state index contributed by atoms with van der Waals surface area (Å²) in [7, 11) is 3.02. The van der Waals surface area contributed by atoms with Gasteiger partial charge in [-0.15, -0.1) is 0 Å². The number of hydrogen-bond acceptors (Lipinski definition) is 6. The maximum absolute atomic E-state index is 13.2. The summed E-state index contributed by atoms with van der Waals surface area (Å²) in [5.41, 5.74) is 2.10. The molecule has 0 saturated carbocycles. The zero-order valence-electron chi connectivity index (χ0n) is 17.4. The van der Waals surface area contributed by atoms with Crippen molar-refractivity contribution in [2.75, 3.05) is 25.7 Å². The zero-order chi connectivity index (χ0) is 22.0. The number of methoxy groups -OCH3 is 2. The molecule has 160 valence electrons. The lowest BCUT2D eigenvalue weighted by Gasteiger charge is -2.42. The lowest BCUT2D eigenvalue weighted by Crippen LogP contribution is -2.54. The molecular formula is C23H23N3O5. The van der Waals surface area contributed by atoms with Crippen LogP contribution in [0, 0.1) is 11.3 Å². The predicted octanol–water partition coefficient (Wildman–Crippen LogP) is 3.36. The number of nitriles is 1. The number of likely N-dealkylation sites (tertiary alicyclic amines) is 1. The summed E-state index contributed by atoms with van der Waals surface area (Å²) in [5.74, 6) is 0.675. The number of hydrogen-bond donors (Lipinski definition) is 0. The standard InChI is InChI=1S/C23H23N3O5/c1-29-18-7-8-19(21(12-18)30-2)22(27)25-10-9-16(11-17(25)13-24)26-20-6-4-3-5-15(20)14-31-23(26)28/h3-8,12,16-17H,9-11,14H2,1-2H3. The lowest BCUT2D eigenvalue weighted by molar-refractivity contribution is 0.0645. The van der Waals surface area contributed by atoms with E-state index < -0.39 is 12.1 Å². The molecule has 0 aliphatic carbocycles. The molecule has 8 heteroatoms. The maximum atomic E-state index is 13.2. The third-order valence-electron chi connectivity index (χ3n) is 5.79. The second-order valence-corrected chi connectivity index (χ2v) is 7.44. The first-order valence-corrected chi connectivity index (χ1v) is 10.0. The van der Waals surface area contributed by atoms with Crippen LogP contribution in [0.4, 0.5) is 10.5 Å². The molecule has 2 aliphatic heterocycles. The number of ether oxygens (including phenoxy) is 3. The first-order chi connectivity index (χ1) is 15.1. The Morgan fingerprint density at radius 2 is 2.00 bits per heavy atom. The molecule has 0 radical (unpaired) electrons. The molecule has 0 spiro atoms. The fourth-order valence-corrected chi connectivity index (χ4v) is 4.20. The van der Waals surface area contributed by atoms with Crippen molar-refractivity contribution < 1.29 is 23.8 Å². The Hall–Kier alpha value is -3.73. The van der Waals surface area contributed by atoms with Gasteiger partial charge in [-0.25, -0.2) is 4.79 Å². The van der Waals surface area contributed by atoms with E-state index in [0.717, 1.165) is 11.3 Å². The number of para-hydroxylation sites is 1. The van der Waals surface area contributed by atoms with Crippen molar-refractivity contribution in [3.63, 3.8) is 0 Å². The van der Waals surface area contributed by atoms with Crippen LogP contribution in [0.3, 0.4) is 0 Å². The van der Waals surface area contributed by atoms with E-state index in [-0.39, 0.29) is 18.6 Å². The molecule has 0 bridgehead atoms. The van der Waals surface area contributed by atoms with Crippen molar-refractivity contribution in [2.45, 2.75) is 31.5 Å². The van der Waals surface area contributed by atoms with Crippen LogP contribution in [0.5, 0.6) is 11.5 Å². The van der Waals surface area contributed by atoms with Crippen LogP contribution in [-0.2, 0) is 11.3 Å². The van der Waals surface area contributed by atoms with Gasteiger partial charge in [0.1, 0.15) is 24.1 Å². The third-order valence-corrected chi connectivity index (χ3v) is 5.79. The Bertz CT molecular complexity index is 1050. The van der Waals surface area contributed by atoms with Gasteiger partial charge in [0.15, 0.2) is 0 Å². The van der Waals surface area contributed by atoms with E-state index in [1.54, 1.807) is 28.0 Å². The molecule has 2 aromatic rings. The molecule has 2 aliphatic rings. The Balaban J connectivity index is 1.57. The lowest BCUT2D eigenvalue weighted by atomic mass is 9.94. The number of amides is 2. The Morgan fingerprint density at radius 1 is 1.19 bits per heavy atom. The first kappa shape index (κ1) is 20.5. The van der Waals surface area contributed by atoms with Gasteiger partial charge in [-0.3, -0.25) is 9.69 Å². The van der Waals surface area contributed by atoms with Crippen LogP contribution in [0.2, 0.25) is 0 Å². The Kier molecular flexibility index (Phi) is 5.67. The molecule has 2 amide bonds. The third kappa shape index (κ3) is 3.75. The minimum absolute atomic E-state index is 0.236. The molecule has 0 N–H and O–H groups in total. The molecule has 2 aromatic carbocycles. The molecule has 2 heterocycles. The van der Waals surface area contributed by atoms with E-state index in [9.17, 15) is 14.9 Å². The van der Waals surface area contributed by atoms with E-state index in [0.29, 0.717) is 36.4 Å². The predicted molar refractivity (Wildman–Crippen MR) is 112 cm³/mol. The van der Waals surface area contributed by atoms with Crippen molar-refractivity contribution in [2.24, 2.45) is 0 Å². The monoisotopic (exact) mass is 421 g/mol. The molecular weight excluding hydrogens is 398 g/mol. The van der Waals surface area contributed by atoms with E-state index >= 15 is 0 Å². The first-order valence-electron chi connectivity index (χ1n) is 10.0. The fraction of sp³-hybridized carbons (Fsp3) is 0.348. The quantitative estimate of drug-likeness (QED) is 0.752. The van der Waals surface area contributed by atoms with Crippen molar-refractivity contribution in [1.82, 2.24) is 4.90 Å². The highest BCUT2D eigenvalue weighted by Crippen LogP contribution is 2.34. The Morgan fingerprint density at radius 3 is 2.74 bits per heavy atom. The molecule has 8 nitrogen and oxygen atoms in total. The SMILES string of the molecule is COc1ccc(C(=O)N2CCC(N3C(=O)OCc4ccccc43)CC2C#N)c(OC)c1. The van der Waals surface area contributed by atoms with Crippen LogP contribution >= 0.6 is 0 Å². The average molecular weight is 421 g/mol. The van der Waals surface area contributed by atoms with Gasteiger partial charge in [0, 0.05) is 30.6 Å². The molecule has 1 saturated heterocycles. The normalized spacial score (nSPS) is 20.4. The molecule has 31 heavy (non-hydrogen) atoms. The second-order valence-electron chi connectivity index (χ2n) is 7.44. The van der Waals surface area contributed by atoms with Gasteiger partial charge in [-0.1, -0.05) is 18.2 Å². The summed E-state index contributed by atoms with van der Waals surface area (Å²) in [6.07, 6.45) is 0.452. The number of carbonyl (C=O) groups is 2. The number of nitrogens with zero attached hydrogens (tertiary/aromatic N) is 3. The highest BCUT2D eigenvalue weighted by Gasteiger charge is 2.39. The van der Waals surface area contributed by atoms with Gasteiger partial charge >= 0.3 is 6.09 Å². The number of rotatable bonds is 4. The van der Waals surface area contributed by atoms with Gasteiger partial charge in [0.25, 0.3) is 5.91 Å². The van der Waals surface area contributed by atoms with E-state index in [4.69, 9.17) is 14.2 Å². The Labute approximate surface area is 180 Å². The van der Waals surface area contributed by atoms with Gasteiger partial charge in [0.05, 0.1) is 31.5 Å². The summed E-state index contributed by atoms with van der Waals surface area (Å²) in [5, 5.41) is 9.81. The van der Waals surface area contributed by atoms with Gasteiger partial charge in [-0.05, 0) is 24.6 Å². The minimum atomic E-state index is -0.681. The van der Waals surface area contributed by atoms with E-state index in [2.05, 4.69) is 6.07 Å². The van der Waals surface area contributed by atoms with Crippen LogP contribution in [-0.4, -0.2) is 49.7 Å². The van der Waals surface area contributed by atoms with Gasteiger partial charge in [-0.2, -0.15) is 5.26 Å². The highest BCUT2D eigenvalue weighted by atomic mass is 16.6. The number of carbonyl (C=O) groups excluding carboxylic acids is 2. The highest BCUT2D eigenvalue weighted by molar-refractivity contribution is 5.98. The summed E-state index contributed by atoms with van der Waals surface area (Å²) in [4.78, 5) is 29.0. The number of anilines is 1. The number of benzene rings is 2. The molecule has 1 fully saturated rings. The molecule has 4 rings (SSSR count). The van der Waals surface area contributed by atoms with Crippen molar-refractivity contribution in [1.29, 1.82) is 5.26 Å². The van der Waals surface area contributed by atoms with Crippen molar-refractivity contribution in [3.8, 4) is 17.6 Å².